The molecule has 1 aromatic heterocycles. The smallest absolute Gasteiger partial charge is 0.297 e. The van der Waals surface area contributed by atoms with Crippen LogP contribution >= 0.6 is 0 Å². The van der Waals surface area contributed by atoms with Gasteiger partial charge in [-0.1, -0.05) is 45.1 Å². The third-order valence-corrected chi connectivity index (χ3v) is 5.97. The lowest BCUT2D eigenvalue weighted by atomic mass is 10.1. The normalized spacial score (nSPS) is 11.2. The number of benzene rings is 2. The second-order valence-electron chi connectivity index (χ2n) is 8.64. The second-order valence-corrected chi connectivity index (χ2v) is 8.64. The Bertz CT molecular complexity index is 1300. The first-order valence-corrected chi connectivity index (χ1v) is 12.2. The molecular weight excluding hydrogens is 460 g/mol. The first kappa shape index (κ1) is 26.7. The van der Waals surface area contributed by atoms with E-state index in [4.69, 9.17) is 9.47 Å². The van der Waals surface area contributed by atoms with Gasteiger partial charge in [-0.05, 0) is 48.4 Å². The Morgan fingerprint density at radius 1 is 1.06 bits per heavy atom. The number of anilines is 1. The first-order chi connectivity index (χ1) is 17.3. The molecule has 0 aliphatic carbocycles. The zero-order valence-corrected chi connectivity index (χ0v) is 21.0. The molecule has 0 saturated carbocycles. The van der Waals surface area contributed by atoms with E-state index in [0.29, 0.717) is 34.5 Å². The number of pyridine rings is 1. The van der Waals surface area contributed by atoms with Crippen molar-refractivity contribution in [3.05, 3.63) is 58.4 Å². The first-order valence-electron chi connectivity index (χ1n) is 12.2. The van der Waals surface area contributed by atoms with Crippen LogP contribution in [-0.4, -0.2) is 34.4 Å². The van der Waals surface area contributed by atoms with E-state index >= 15 is 0 Å². The van der Waals surface area contributed by atoms with Crippen LogP contribution < -0.4 is 20.3 Å². The Morgan fingerprint density at radius 3 is 2.56 bits per heavy atom. The number of ether oxygens (including phenoxy) is 2. The molecule has 0 aliphatic heterocycles. The highest BCUT2D eigenvalue weighted by Crippen LogP contribution is 2.33. The number of carbonyl (C=O) groups excluding carboxylic acids is 1. The molecule has 3 aromatic rings. The monoisotopic (exact) mass is 494 g/mol. The van der Waals surface area contributed by atoms with Crippen LogP contribution in [0.3, 0.4) is 0 Å². The molecule has 8 nitrogen and oxygen atoms in total. The molecule has 0 bridgehead atoms. The summed E-state index contributed by atoms with van der Waals surface area (Å²) in [6.07, 6.45) is 9.52. The zero-order valence-electron chi connectivity index (χ0n) is 21.0. The highest BCUT2D eigenvalue weighted by molar-refractivity contribution is 6.03. The molecule has 0 radical (unpaired) electrons. The zero-order chi connectivity index (χ0) is 26.1. The highest BCUT2D eigenvalue weighted by Gasteiger charge is 2.16. The van der Waals surface area contributed by atoms with Crippen LogP contribution in [0.4, 0.5) is 5.69 Å². The van der Waals surface area contributed by atoms with Crippen LogP contribution in [0, 0.1) is 0 Å². The van der Waals surface area contributed by atoms with Gasteiger partial charge in [0.2, 0.25) is 11.7 Å². The summed E-state index contributed by atoms with van der Waals surface area (Å²) in [7, 11) is 3.05. The lowest BCUT2D eigenvalue weighted by molar-refractivity contribution is -0.111. The van der Waals surface area contributed by atoms with Gasteiger partial charge in [0.25, 0.3) is 5.56 Å². The Morgan fingerprint density at radius 2 is 1.81 bits per heavy atom. The molecule has 192 valence electrons. The third-order valence-electron chi connectivity index (χ3n) is 5.97. The van der Waals surface area contributed by atoms with Crippen LogP contribution in [0.2, 0.25) is 0 Å². The minimum absolute atomic E-state index is 0.0140. The number of nitrogens with zero attached hydrogens (tertiary/aromatic N) is 1. The molecule has 3 rings (SSSR count). The predicted molar refractivity (Wildman–Crippen MR) is 142 cm³/mol. The number of phenols is 1. The van der Waals surface area contributed by atoms with E-state index in [1.54, 1.807) is 43.5 Å². The Balaban J connectivity index is 1.70. The van der Waals surface area contributed by atoms with E-state index < -0.39 is 5.56 Å². The van der Waals surface area contributed by atoms with Crippen molar-refractivity contribution in [2.24, 2.45) is 7.05 Å². The van der Waals surface area contributed by atoms with Crippen molar-refractivity contribution >= 4 is 28.6 Å². The maximum absolute atomic E-state index is 12.8. The molecule has 1 heterocycles. The summed E-state index contributed by atoms with van der Waals surface area (Å²) in [4.78, 5) is 25.3. The molecule has 0 atom stereocenters. The minimum Gasteiger partial charge on any atom is -0.504 e. The summed E-state index contributed by atoms with van der Waals surface area (Å²) in [5.41, 5.74) is 1.18. The SMILES string of the molecule is CCCCCCCCOc1c(O)c2ccc(NC(=O)C=Cc3ccc(O)c(OC)c3)cc2n(C)c1=O. The number of nitrogens with one attached hydrogen (secondary N) is 1. The van der Waals surface area contributed by atoms with Gasteiger partial charge in [0.15, 0.2) is 17.2 Å². The molecule has 1 amide bonds. The van der Waals surface area contributed by atoms with Crippen molar-refractivity contribution < 1.29 is 24.5 Å². The molecule has 36 heavy (non-hydrogen) atoms. The molecule has 2 aromatic carbocycles. The molecule has 0 fully saturated rings. The van der Waals surface area contributed by atoms with Crippen LogP contribution in [0.25, 0.3) is 17.0 Å². The van der Waals surface area contributed by atoms with Gasteiger partial charge < -0.3 is 29.6 Å². The fraction of sp³-hybridized carbons (Fsp3) is 0.357. The van der Waals surface area contributed by atoms with Gasteiger partial charge in [0.05, 0.1) is 19.2 Å². The van der Waals surface area contributed by atoms with Gasteiger partial charge >= 0.3 is 0 Å². The molecule has 0 spiro atoms. The number of fused-ring (bicyclic) bond motifs is 1. The van der Waals surface area contributed by atoms with E-state index in [1.807, 2.05) is 0 Å². The average Bonchev–Trinajstić information content (AvgIpc) is 2.88. The fourth-order valence-corrected chi connectivity index (χ4v) is 3.91. The van der Waals surface area contributed by atoms with Crippen molar-refractivity contribution in [2.45, 2.75) is 45.4 Å². The lowest BCUT2D eigenvalue weighted by Crippen LogP contribution is -2.20. The van der Waals surface area contributed by atoms with Gasteiger partial charge in [-0.25, -0.2) is 0 Å². The van der Waals surface area contributed by atoms with Crippen molar-refractivity contribution in [1.29, 1.82) is 0 Å². The summed E-state index contributed by atoms with van der Waals surface area (Å²) < 4.78 is 12.1. The predicted octanol–water partition coefficient (Wildman–Crippen LogP) is 5.35. The number of methoxy groups -OCH3 is 1. The van der Waals surface area contributed by atoms with Gasteiger partial charge in [0.1, 0.15) is 0 Å². The topological polar surface area (TPSA) is 110 Å². The number of aromatic hydroxyl groups is 2. The van der Waals surface area contributed by atoms with Crippen molar-refractivity contribution in [3.8, 4) is 23.0 Å². The van der Waals surface area contributed by atoms with Crippen molar-refractivity contribution in [1.82, 2.24) is 4.57 Å². The highest BCUT2D eigenvalue weighted by atomic mass is 16.5. The van der Waals surface area contributed by atoms with E-state index in [1.165, 1.54) is 43.1 Å². The fourth-order valence-electron chi connectivity index (χ4n) is 3.91. The maximum Gasteiger partial charge on any atom is 0.297 e. The number of hydrogen-bond donors (Lipinski definition) is 3. The number of unbranched alkanes of at least 4 members (excludes halogenated alkanes) is 5. The van der Waals surface area contributed by atoms with Gasteiger partial charge in [-0.2, -0.15) is 0 Å². The van der Waals surface area contributed by atoms with Crippen LogP contribution in [0.15, 0.2) is 47.3 Å². The molecule has 8 heteroatoms. The molecule has 0 aliphatic rings. The number of carbonyl (C=O) groups is 1. The number of aromatic nitrogens is 1. The number of hydrogen-bond acceptors (Lipinski definition) is 6. The van der Waals surface area contributed by atoms with E-state index in [-0.39, 0.29) is 23.2 Å². The summed E-state index contributed by atoms with van der Waals surface area (Å²) in [5.74, 6) is -0.307. The largest absolute Gasteiger partial charge is 0.504 e. The van der Waals surface area contributed by atoms with E-state index in [9.17, 15) is 19.8 Å². The van der Waals surface area contributed by atoms with Gasteiger partial charge in [0, 0.05) is 24.2 Å². The molecule has 0 unspecified atom stereocenters. The van der Waals surface area contributed by atoms with Crippen LogP contribution in [0.5, 0.6) is 23.0 Å². The van der Waals surface area contributed by atoms with E-state index in [2.05, 4.69) is 12.2 Å². The Labute approximate surface area is 210 Å². The van der Waals surface area contributed by atoms with Crippen molar-refractivity contribution in [3.63, 3.8) is 0 Å². The Hall–Kier alpha value is -3.94. The molecule has 0 saturated heterocycles. The number of phenolic OH excluding ortho intramolecular Hbond substituents is 1. The average molecular weight is 495 g/mol. The minimum atomic E-state index is -0.435. The van der Waals surface area contributed by atoms with Crippen molar-refractivity contribution in [2.75, 3.05) is 19.0 Å². The van der Waals surface area contributed by atoms with Gasteiger partial charge in [-0.15, -0.1) is 0 Å². The second kappa shape index (κ2) is 12.7. The van der Waals surface area contributed by atoms with E-state index in [0.717, 1.165) is 19.3 Å². The lowest BCUT2D eigenvalue weighted by Gasteiger charge is -2.14. The quantitative estimate of drug-likeness (QED) is 0.231. The summed E-state index contributed by atoms with van der Waals surface area (Å²) in [6.45, 7) is 2.54. The molecular formula is C28H34N2O6. The van der Waals surface area contributed by atoms with Crippen LogP contribution in [-0.2, 0) is 11.8 Å². The maximum atomic E-state index is 12.8. The van der Waals surface area contributed by atoms with Crippen LogP contribution in [0.1, 0.15) is 51.0 Å². The number of aryl methyl sites for hydroxylation is 1. The standard InChI is InChI=1S/C28H34N2O6/c1-4-5-6-7-8-9-16-36-27-26(33)21-13-12-20(18-22(21)30(2)28(27)34)29-25(32)15-11-19-10-14-23(31)24(17-19)35-3/h10-15,17-18,31,33H,4-9,16H2,1-3H3,(H,29,32). The number of amides is 1. The number of rotatable bonds is 12. The summed E-state index contributed by atoms with van der Waals surface area (Å²) >= 11 is 0. The Kier molecular flexibility index (Phi) is 9.39. The van der Waals surface area contributed by atoms with Gasteiger partial charge in [-0.3, -0.25) is 9.59 Å². The summed E-state index contributed by atoms with van der Waals surface area (Å²) in [6, 6.07) is 9.68. The third kappa shape index (κ3) is 6.59. The molecule has 3 N–H and O–H groups in total. The summed E-state index contributed by atoms with van der Waals surface area (Å²) in [5, 5.41) is 23.6.